The molecule has 1 aliphatic rings. The van der Waals surface area contributed by atoms with E-state index in [0.29, 0.717) is 18.7 Å². The zero-order valence-corrected chi connectivity index (χ0v) is 10.3. The molecule has 0 radical (unpaired) electrons. The lowest BCUT2D eigenvalue weighted by Gasteiger charge is -2.27. The second kappa shape index (κ2) is 5.65. The van der Waals surface area contributed by atoms with Gasteiger partial charge in [0.05, 0.1) is 0 Å². The van der Waals surface area contributed by atoms with E-state index in [-0.39, 0.29) is 11.5 Å². The van der Waals surface area contributed by atoms with Crippen molar-refractivity contribution in [3.63, 3.8) is 0 Å². The van der Waals surface area contributed by atoms with Gasteiger partial charge in [-0.25, -0.2) is 9.18 Å². The first kappa shape index (κ1) is 13.3. The average Bonchev–Trinajstić information content (AvgIpc) is 2.38. The van der Waals surface area contributed by atoms with E-state index in [0.717, 1.165) is 18.9 Å². The first-order valence-corrected chi connectivity index (χ1v) is 6.09. The third kappa shape index (κ3) is 3.19. The molecule has 2 rings (SSSR count). The van der Waals surface area contributed by atoms with Gasteiger partial charge < -0.3 is 10.0 Å². The van der Waals surface area contributed by atoms with Gasteiger partial charge in [-0.2, -0.15) is 0 Å². The van der Waals surface area contributed by atoms with Crippen LogP contribution in [0.1, 0.15) is 24.8 Å². The Hall–Kier alpha value is -2.17. The van der Waals surface area contributed by atoms with E-state index < -0.39 is 11.8 Å². The predicted octanol–water partition coefficient (Wildman–Crippen LogP) is 2.44. The second-order valence-electron chi connectivity index (χ2n) is 4.38. The number of carboxylic acids is 1. The lowest BCUT2D eigenvalue weighted by Crippen LogP contribution is -2.35. The smallest absolute Gasteiger partial charge is 0.328 e. The molecule has 4 nitrogen and oxygen atoms in total. The molecule has 5 heteroatoms. The molecule has 1 heterocycles. The highest BCUT2D eigenvalue weighted by molar-refractivity contribution is 5.94. The quantitative estimate of drug-likeness (QED) is 0.852. The van der Waals surface area contributed by atoms with E-state index in [1.54, 1.807) is 4.90 Å². The van der Waals surface area contributed by atoms with Gasteiger partial charge in [-0.05, 0) is 37.1 Å². The number of halogens is 1. The summed E-state index contributed by atoms with van der Waals surface area (Å²) >= 11 is 0. The molecular weight excluding hydrogens is 249 g/mol. The molecule has 0 aromatic heterocycles. The highest BCUT2D eigenvalue weighted by Gasteiger charge is 2.20. The van der Waals surface area contributed by atoms with Crippen molar-refractivity contribution in [1.82, 2.24) is 0 Å². The largest absolute Gasteiger partial charge is 0.478 e. The number of hydrogen-bond donors (Lipinski definition) is 1. The second-order valence-corrected chi connectivity index (χ2v) is 4.38. The molecule has 0 spiro atoms. The van der Waals surface area contributed by atoms with E-state index in [1.165, 1.54) is 24.3 Å². The molecular formula is C14H14FNO3. The number of carboxylic acid groups (broad SMARTS) is 1. The van der Waals surface area contributed by atoms with Gasteiger partial charge in [-0.15, -0.1) is 0 Å². The summed E-state index contributed by atoms with van der Waals surface area (Å²) in [6, 6.07) is 4.29. The zero-order valence-electron chi connectivity index (χ0n) is 10.3. The monoisotopic (exact) mass is 263 g/mol. The van der Waals surface area contributed by atoms with Crippen LogP contribution in [0.2, 0.25) is 0 Å². The van der Waals surface area contributed by atoms with Gasteiger partial charge in [0.1, 0.15) is 5.82 Å². The van der Waals surface area contributed by atoms with Crippen LogP contribution in [0.3, 0.4) is 0 Å². The molecule has 0 bridgehead atoms. The van der Waals surface area contributed by atoms with Crippen molar-refractivity contribution < 1.29 is 19.1 Å². The van der Waals surface area contributed by atoms with Crippen molar-refractivity contribution in [3.05, 3.63) is 35.7 Å². The van der Waals surface area contributed by atoms with E-state index in [9.17, 15) is 14.0 Å². The third-order valence-corrected chi connectivity index (χ3v) is 3.02. The Morgan fingerprint density at radius 1 is 1.37 bits per heavy atom. The molecule has 0 aliphatic carbocycles. The number of piperidine rings is 1. The van der Waals surface area contributed by atoms with Gasteiger partial charge in [0, 0.05) is 30.3 Å². The highest BCUT2D eigenvalue weighted by Crippen LogP contribution is 2.24. The van der Waals surface area contributed by atoms with Gasteiger partial charge in [0.25, 0.3) is 0 Å². The summed E-state index contributed by atoms with van der Waals surface area (Å²) in [5.74, 6) is -1.63. The molecule has 1 aliphatic heterocycles. The van der Waals surface area contributed by atoms with Crippen LogP contribution in [0, 0.1) is 5.82 Å². The van der Waals surface area contributed by atoms with Gasteiger partial charge in [0.2, 0.25) is 5.91 Å². The van der Waals surface area contributed by atoms with Gasteiger partial charge in [-0.3, -0.25) is 4.79 Å². The van der Waals surface area contributed by atoms with Crippen molar-refractivity contribution in [2.24, 2.45) is 0 Å². The van der Waals surface area contributed by atoms with E-state index in [4.69, 9.17) is 5.11 Å². The third-order valence-electron chi connectivity index (χ3n) is 3.02. The SMILES string of the molecule is O=C(O)/C=C/c1cc(N2CCCCC2=O)ccc1F. The fourth-order valence-electron chi connectivity index (χ4n) is 2.07. The number of amides is 1. The van der Waals surface area contributed by atoms with Crippen LogP contribution >= 0.6 is 0 Å². The Labute approximate surface area is 110 Å². The predicted molar refractivity (Wildman–Crippen MR) is 69.3 cm³/mol. The Balaban J connectivity index is 2.29. The first-order valence-electron chi connectivity index (χ1n) is 6.09. The summed E-state index contributed by atoms with van der Waals surface area (Å²) in [6.07, 6.45) is 4.36. The number of anilines is 1. The van der Waals surface area contributed by atoms with E-state index >= 15 is 0 Å². The summed E-state index contributed by atoms with van der Waals surface area (Å²) < 4.78 is 13.5. The molecule has 1 N–H and O–H groups in total. The molecule has 1 aromatic rings. The van der Waals surface area contributed by atoms with Crippen molar-refractivity contribution in [2.75, 3.05) is 11.4 Å². The minimum absolute atomic E-state index is 0.0195. The van der Waals surface area contributed by atoms with E-state index in [1.807, 2.05) is 0 Å². The fraction of sp³-hybridized carbons (Fsp3) is 0.286. The fourth-order valence-corrected chi connectivity index (χ4v) is 2.07. The maximum Gasteiger partial charge on any atom is 0.328 e. The normalized spacial score (nSPS) is 16.1. The van der Waals surface area contributed by atoms with Crippen LogP contribution in [0.15, 0.2) is 24.3 Å². The molecule has 19 heavy (non-hydrogen) atoms. The summed E-state index contributed by atoms with van der Waals surface area (Å²) in [4.78, 5) is 23.8. The number of aliphatic carboxylic acids is 1. The molecule has 1 saturated heterocycles. The Morgan fingerprint density at radius 3 is 2.84 bits per heavy atom. The minimum Gasteiger partial charge on any atom is -0.478 e. The summed E-state index contributed by atoms with van der Waals surface area (Å²) in [7, 11) is 0. The van der Waals surface area contributed by atoms with Crippen LogP contribution in [-0.2, 0) is 9.59 Å². The van der Waals surface area contributed by atoms with Crippen LogP contribution in [0.4, 0.5) is 10.1 Å². The number of rotatable bonds is 3. The molecule has 0 unspecified atom stereocenters. The maximum atomic E-state index is 13.5. The lowest BCUT2D eigenvalue weighted by atomic mass is 10.1. The number of carbonyl (C=O) groups is 2. The number of carbonyl (C=O) groups excluding carboxylic acids is 1. The average molecular weight is 263 g/mol. The van der Waals surface area contributed by atoms with Crippen molar-refractivity contribution in [2.45, 2.75) is 19.3 Å². The molecule has 1 aromatic carbocycles. The first-order chi connectivity index (χ1) is 9.08. The van der Waals surface area contributed by atoms with Crippen LogP contribution < -0.4 is 4.90 Å². The van der Waals surface area contributed by atoms with Crippen LogP contribution in [0.5, 0.6) is 0 Å². The Morgan fingerprint density at radius 2 is 2.16 bits per heavy atom. The summed E-state index contributed by atoms with van der Waals surface area (Å²) in [5.41, 5.74) is 0.773. The summed E-state index contributed by atoms with van der Waals surface area (Å²) in [6.45, 7) is 0.618. The molecule has 1 amide bonds. The van der Waals surface area contributed by atoms with Gasteiger partial charge in [-0.1, -0.05) is 0 Å². The van der Waals surface area contributed by atoms with Crippen molar-refractivity contribution >= 4 is 23.6 Å². The molecule has 1 fully saturated rings. The van der Waals surface area contributed by atoms with Gasteiger partial charge >= 0.3 is 5.97 Å². The van der Waals surface area contributed by atoms with Crippen LogP contribution in [-0.4, -0.2) is 23.5 Å². The maximum absolute atomic E-state index is 13.5. The van der Waals surface area contributed by atoms with Crippen LogP contribution in [0.25, 0.3) is 6.08 Å². The standard InChI is InChI=1S/C14H14FNO3/c15-12-6-5-11(9-10(12)4-7-14(18)19)16-8-2-1-3-13(16)17/h4-7,9H,1-3,8H2,(H,18,19)/b7-4+. The van der Waals surface area contributed by atoms with E-state index in [2.05, 4.69) is 0 Å². The number of nitrogens with zero attached hydrogens (tertiary/aromatic N) is 1. The molecule has 0 saturated carbocycles. The molecule has 100 valence electrons. The molecule has 0 atom stereocenters. The van der Waals surface area contributed by atoms with Crippen molar-refractivity contribution in [3.8, 4) is 0 Å². The Bertz CT molecular complexity index is 539. The zero-order chi connectivity index (χ0) is 13.8. The Kier molecular flexibility index (Phi) is 3.94. The highest BCUT2D eigenvalue weighted by atomic mass is 19.1. The number of benzene rings is 1. The van der Waals surface area contributed by atoms with Gasteiger partial charge in [0.15, 0.2) is 0 Å². The topological polar surface area (TPSA) is 57.6 Å². The summed E-state index contributed by atoms with van der Waals surface area (Å²) in [5, 5.41) is 8.55. The van der Waals surface area contributed by atoms with Crippen molar-refractivity contribution in [1.29, 1.82) is 0 Å². The minimum atomic E-state index is -1.14. The lowest BCUT2D eigenvalue weighted by molar-refractivity contribution is -0.131. The number of hydrogen-bond acceptors (Lipinski definition) is 2.